The first-order valence-corrected chi connectivity index (χ1v) is 10.9. The molecular weight excluding hydrogens is 411 g/mol. The van der Waals surface area contributed by atoms with E-state index >= 15 is 0 Å². The summed E-state index contributed by atoms with van der Waals surface area (Å²) in [4.78, 5) is 25.1. The van der Waals surface area contributed by atoms with E-state index in [1.165, 1.54) is 12.1 Å². The van der Waals surface area contributed by atoms with Gasteiger partial charge in [0, 0.05) is 44.2 Å². The summed E-state index contributed by atoms with van der Waals surface area (Å²) in [6.07, 6.45) is 3.61. The van der Waals surface area contributed by atoms with Crippen LogP contribution < -0.4 is 20.8 Å². The van der Waals surface area contributed by atoms with Crippen molar-refractivity contribution in [3.05, 3.63) is 29.0 Å². The molecule has 0 spiro atoms. The Morgan fingerprint density at radius 3 is 2.80 bits per heavy atom. The number of hydrogen-bond acceptors (Lipinski definition) is 5. The molecule has 3 saturated carbocycles. The van der Waals surface area contributed by atoms with Crippen molar-refractivity contribution in [3.63, 3.8) is 0 Å². The van der Waals surface area contributed by atoms with Gasteiger partial charge in [0.05, 0.1) is 5.02 Å². The van der Waals surface area contributed by atoms with Gasteiger partial charge in [0.2, 0.25) is 5.91 Å². The minimum Gasteiger partial charge on any atom is -0.484 e. The fourth-order valence-electron chi connectivity index (χ4n) is 4.78. The number of amides is 2. The van der Waals surface area contributed by atoms with E-state index in [2.05, 4.69) is 16.1 Å². The molecule has 1 aromatic rings. The van der Waals surface area contributed by atoms with Gasteiger partial charge in [-0.15, -0.1) is 0 Å². The Hall–Kier alpha value is -1.90. The number of carbonyl (C=O) groups excluding carboxylic acids is 2. The second-order valence-corrected chi connectivity index (χ2v) is 9.06. The maximum absolute atomic E-state index is 13.5. The fourth-order valence-corrected chi connectivity index (χ4v) is 4.90. The van der Waals surface area contributed by atoms with Crippen LogP contribution >= 0.6 is 11.6 Å². The summed E-state index contributed by atoms with van der Waals surface area (Å²) in [5.74, 6) is 0.251. The van der Waals surface area contributed by atoms with Crippen molar-refractivity contribution in [2.45, 2.75) is 37.8 Å². The summed E-state index contributed by atoms with van der Waals surface area (Å²) >= 11 is 5.65. The molecule has 5 rings (SSSR count). The highest BCUT2D eigenvalue weighted by atomic mass is 35.5. The van der Waals surface area contributed by atoms with Crippen LogP contribution in [0.1, 0.15) is 25.7 Å². The second-order valence-electron chi connectivity index (χ2n) is 8.65. The molecule has 2 unspecified atom stereocenters. The number of halogens is 2. The van der Waals surface area contributed by atoms with Crippen LogP contribution in [0.4, 0.5) is 4.39 Å². The standard InChI is InChI=1S/C21H28ClFN4O3/c1-27-5-4-14(26-27)10-24-21(29)16-9-19(13-6-12(16)7-13)25-20(28)11-30-15-2-3-17(22)18(23)8-15/h2-3,8,12-14,16,19,26H,4-7,9-11H2,1H3,(H,24,29)(H,25,28)/t12?,13?,14?,16?,19-/m0/s1. The van der Waals surface area contributed by atoms with E-state index in [4.69, 9.17) is 16.3 Å². The number of carbonyl (C=O) groups is 2. The van der Waals surface area contributed by atoms with Crippen molar-refractivity contribution < 1.29 is 18.7 Å². The van der Waals surface area contributed by atoms with Gasteiger partial charge in [-0.1, -0.05) is 11.6 Å². The number of ether oxygens (including phenoxy) is 1. The monoisotopic (exact) mass is 438 g/mol. The third-order valence-electron chi connectivity index (χ3n) is 6.54. The predicted molar refractivity (Wildman–Crippen MR) is 110 cm³/mol. The zero-order valence-corrected chi connectivity index (χ0v) is 17.8. The molecule has 3 atom stereocenters. The molecule has 1 saturated heterocycles. The largest absolute Gasteiger partial charge is 0.484 e. The Balaban J connectivity index is 1.24. The van der Waals surface area contributed by atoms with E-state index in [9.17, 15) is 14.0 Å². The maximum Gasteiger partial charge on any atom is 0.258 e. The molecule has 164 valence electrons. The van der Waals surface area contributed by atoms with E-state index < -0.39 is 5.82 Å². The third kappa shape index (κ3) is 4.87. The highest BCUT2D eigenvalue weighted by Crippen LogP contribution is 2.49. The molecule has 4 aliphatic rings. The maximum atomic E-state index is 13.5. The van der Waals surface area contributed by atoms with E-state index in [1.807, 2.05) is 12.1 Å². The summed E-state index contributed by atoms with van der Waals surface area (Å²) in [5, 5.41) is 8.15. The number of hydrogen-bond donors (Lipinski definition) is 3. The SMILES string of the molecule is CN1CCC(CNC(=O)C2C[C@H](NC(=O)COc3ccc(Cl)c(F)c3)C3CC2C3)N1. The van der Waals surface area contributed by atoms with Crippen molar-refractivity contribution in [2.75, 3.05) is 26.7 Å². The van der Waals surface area contributed by atoms with Crippen molar-refractivity contribution in [1.82, 2.24) is 21.1 Å². The first-order valence-electron chi connectivity index (χ1n) is 10.5. The average Bonchev–Trinajstić information content (AvgIpc) is 3.11. The van der Waals surface area contributed by atoms with Crippen molar-refractivity contribution in [1.29, 1.82) is 0 Å². The molecule has 2 bridgehead atoms. The van der Waals surface area contributed by atoms with Gasteiger partial charge >= 0.3 is 0 Å². The summed E-state index contributed by atoms with van der Waals surface area (Å²) in [6, 6.07) is 4.32. The van der Waals surface area contributed by atoms with Crippen LogP contribution in [0.15, 0.2) is 18.2 Å². The Labute approximate surface area is 180 Å². The van der Waals surface area contributed by atoms with Crippen LogP contribution in [0.2, 0.25) is 5.02 Å². The van der Waals surface area contributed by atoms with Gasteiger partial charge in [-0.05, 0) is 49.7 Å². The Bertz CT molecular complexity index is 804. The molecule has 4 fully saturated rings. The number of nitrogens with one attached hydrogen (secondary N) is 3. The van der Waals surface area contributed by atoms with Crippen LogP contribution in [0.5, 0.6) is 5.75 Å². The lowest BCUT2D eigenvalue weighted by Gasteiger charge is -2.50. The molecule has 1 aliphatic heterocycles. The minimum absolute atomic E-state index is 0.00796. The number of benzene rings is 1. The zero-order chi connectivity index (χ0) is 21.3. The van der Waals surface area contributed by atoms with Gasteiger partial charge in [0.25, 0.3) is 5.91 Å². The minimum atomic E-state index is -0.587. The average molecular weight is 439 g/mol. The van der Waals surface area contributed by atoms with Crippen LogP contribution in [0.25, 0.3) is 0 Å². The zero-order valence-electron chi connectivity index (χ0n) is 17.0. The van der Waals surface area contributed by atoms with E-state index in [-0.39, 0.29) is 47.2 Å². The van der Waals surface area contributed by atoms with E-state index in [1.54, 1.807) is 0 Å². The molecule has 1 heterocycles. The van der Waals surface area contributed by atoms with Gasteiger partial charge in [-0.25, -0.2) is 9.40 Å². The van der Waals surface area contributed by atoms with Crippen LogP contribution in [-0.4, -0.2) is 55.7 Å². The predicted octanol–water partition coefficient (Wildman–Crippen LogP) is 1.71. The summed E-state index contributed by atoms with van der Waals surface area (Å²) < 4.78 is 18.8. The normalized spacial score (nSPS) is 30.4. The highest BCUT2D eigenvalue weighted by molar-refractivity contribution is 6.30. The lowest BCUT2D eigenvalue weighted by Crippen LogP contribution is -2.57. The Kier molecular flexibility index (Phi) is 6.46. The third-order valence-corrected chi connectivity index (χ3v) is 6.85. The van der Waals surface area contributed by atoms with Crippen molar-refractivity contribution in [2.24, 2.45) is 17.8 Å². The Morgan fingerprint density at radius 1 is 1.30 bits per heavy atom. The van der Waals surface area contributed by atoms with Gasteiger partial charge in [0.1, 0.15) is 11.6 Å². The quantitative estimate of drug-likeness (QED) is 0.603. The summed E-state index contributed by atoms with van der Waals surface area (Å²) in [6.45, 7) is 1.40. The molecular formula is C21H28ClFN4O3. The lowest BCUT2D eigenvalue weighted by molar-refractivity contribution is -0.136. The van der Waals surface area contributed by atoms with Crippen LogP contribution in [-0.2, 0) is 9.59 Å². The van der Waals surface area contributed by atoms with Gasteiger partial charge in [-0.2, -0.15) is 0 Å². The van der Waals surface area contributed by atoms with Gasteiger partial charge < -0.3 is 15.4 Å². The smallest absolute Gasteiger partial charge is 0.258 e. The lowest BCUT2D eigenvalue weighted by atomic mass is 9.57. The molecule has 3 N–H and O–H groups in total. The molecule has 3 aliphatic carbocycles. The molecule has 7 nitrogen and oxygen atoms in total. The molecule has 1 aromatic carbocycles. The first kappa shape index (κ1) is 21.3. The van der Waals surface area contributed by atoms with Crippen molar-refractivity contribution >= 4 is 23.4 Å². The summed E-state index contributed by atoms with van der Waals surface area (Å²) in [7, 11) is 2.00. The van der Waals surface area contributed by atoms with E-state index in [0.29, 0.717) is 24.8 Å². The molecule has 2 amide bonds. The van der Waals surface area contributed by atoms with Crippen molar-refractivity contribution in [3.8, 4) is 5.75 Å². The number of rotatable bonds is 7. The number of hydrazine groups is 1. The molecule has 0 radical (unpaired) electrons. The topological polar surface area (TPSA) is 82.7 Å². The number of nitrogens with zero attached hydrogens (tertiary/aromatic N) is 1. The second kappa shape index (κ2) is 9.08. The summed E-state index contributed by atoms with van der Waals surface area (Å²) in [5.41, 5.74) is 3.32. The fraction of sp³-hybridized carbons (Fsp3) is 0.619. The van der Waals surface area contributed by atoms with Crippen LogP contribution in [0, 0.1) is 23.6 Å². The van der Waals surface area contributed by atoms with Crippen LogP contribution in [0.3, 0.4) is 0 Å². The van der Waals surface area contributed by atoms with Gasteiger partial charge in [-0.3, -0.25) is 15.0 Å². The Morgan fingerprint density at radius 2 is 2.10 bits per heavy atom. The highest BCUT2D eigenvalue weighted by Gasteiger charge is 2.48. The molecule has 0 aromatic heterocycles. The number of fused-ring (bicyclic) bond motifs is 2. The molecule has 30 heavy (non-hydrogen) atoms. The van der Waals surface area contributed by atoms with Gasteiger partial charge in [0.15, 0.2) is 6.61 Å². The van der Waals surface area contributed by atoms with E-state index in [0.717, 1.165) is 31.9 Å². The first-order chi connectivity index (χ1) is 14.4. The molecule has 9 heteroatoms.